The molecule has 0 bridgehead atoms. The first-order chi connectivity index (χ1) is 8.63. The summed E-state index contributed by atoms with van der Waals surface area (Å²) in [5, 5.41) is 27.0. The molecule has 5 nitrogen and oxygen atoms in total. The van der Waals surface area contributed by atoms with E-state index in [9.17, 15) is 4.79 Å². The minimum absolute atomic E-state index is 0.0164. The van der Waals surface area contributed by atoms with Crippen molar-refractivity contribution in [3.63, 3.8) is 0 Å². The number of nitriles is 2. The fourth-order valence-electron chi connectivity index (χ4n) is 1.79. The summed E-state index contributed by atoms with van der Waals surface area (Å²) in [6.45, 7) is 0.374. The van der Waals surface area contributed by atoms with E-state index in [1.54, 1.807) is 12.1 Å². The van der Waals surface area contributed by atoms with Crippen LogP contribution < -0.4 is 5.73 Å². The Morgan fingerprint density at radius 1 is 1.44 bits per heavy atom. The number of nitrogens with two attached hydrogens (primary N) is 1. The molecule has 1 unspecified atom stereocenters. The van der Waals surface area contributed by atoms with Crippen molar-refractivity contribution < 1.29 is 9.90 Å². The van der Waals surface area contributed by atoms with Gasteiger partial charge in [0.25, 0.3) is 0 Å². The van der Waals surface area contributed by atoms with Crippen LogP contribution in [0.5, 0.6) is 0 Å². The second kappa shape index (κ2) is 6.39. The average Bonchev–Trinajstić information content (AvgIpc) is 2.37. The molecule has 0 saturated carbocycles. The summed E-state index contributed by atoms with van der Waals surface area (Å²) >= 11 is 0. The summed E-state index contributed by atoms with van der Waals surface area (Å²) in [6.07, 6.45) is 0.803. The topological polar surface area (TPSA) is 111 Å². The average molecular weight is 243 g/mol. The van der Waals surface area contributed by atoms with Gasteiger partial charge in [-0.15, -0.1) is 0 Å². The zero-order valence-electron chi connectivity index (χ0n) is 9.76. The molecule has 92 valence electrons. The molecular formula is C13H13N3O2. The predicted octanol–water partition coefficient (Wildman–Crippen LogP) is 1.29. The molecule has 18 heavy (non-hydrogen) atoms. The highest BCUT2D eigenvalue weighted by Crippen LogP contribution is 2.19. The van der Waals surface area contributed by atoms with Crippen LogP contribution in [-0.2, 0) is 6.42 Å². The molecule has 1 rings (SSSR count). The van der Waals surface area contributed by atoms with E-state index in [0.717, 1.165) is 0 Å². The molecule has 0 saturated heterocycles. The third kappa shape index (κ3) is 3.07. The molecule has 0 aromatic heterocycles. The number of carboxylic acid groups (broad SMARTS) is 1. The van der Waals surface area contributed by atoms with Crippen molar-refractivity contribution in [2.24, 2.45) is 11.7 Å². The minimum atomic E-state index is -1.15. The molecule has 1 atom stereocenters. The number of rotatable bonds is 5. The van der Waals surface area contributed by atoms with Crippen LogP contribution >= 0.6 is 0 Å². The van der Waals surface area contributed by atoms with Crippen LogP contribution in [0.25, 0.3) is 0 Å². The summed E-state index contributed by atoms with van der Waals surface area (Å²) < 4.78 is 0. The van der Waals surface area contributed by atoms with Gasteiger partial charge in [0.05, 0.1) is 23.1 Å². The number of carboxylic acids is 1. The number of benzene rings is 1. The Balaban J connectivity index is 3.14. The van der Waals surface area contributed by atoms with Crippen molar-refractivity contribution >= 4 is 5.97 Å². The fourth-order valence-corrected chi connectivity index (χ4v) is 1.79. The maximum Gasteiger partial charge on any atom is 0.337 e. The summed E-state index contributed by atoms with van der Waals surface area (Å²) in [7, 11) is 0. The molecule has 1 aromatic carbocycles. The Morgan fingerprint density at radius 3 is 2.67 bits per heavy atom. The molecule has 0 amide bonds. The van der Waals surface area contributed by atoms with Gasteiger partial charge in [-0.2, -0.15) is 10.5 Å². The molecule has 0 aliphatic heterocycles. The highest BCUT2D eigenvalue weighted by molar-refractivity contribution is 5.92. The third-order valence-electron chi connectivity index (χ3n) is 2.65. The SMILES string of the molecule is N#Cc1cccc(CC(C#N)CCN)c1C(=O)O. The van der Waals surface area contributed by atoms with E-state index in [1.165, 1.54) is 6.07 Å². The van der Waals surface area contributed by atoms with Gasteiger partial charge in [-0.3, -0.25) is 0 Å². The standard InChI is InChI=1S/C13H13N3O2/c14-5-4-9(7-15)6-10-2-1-3-11(8-16)12(10)13(17)18/h1-3,9H,4-6,14H2,(H,17,18). The summed E-state index contributed by atoms with van der Waals surface area (Å²) in [5.41, 5.74) is 5.99. The van der Waals surface area contributed by atoms with E-state index >= 15 is 0 Å². The molecule has 0 spiro atoms. The van der Waals surface area contributed by atoms with Gasteiger partial charge in [0.15, 0.2) is 0 Å². The number of carbonyl (C=O) groups is 1. The van der Waals surface area contributed by atoms with Crippen LogP contribution in [0.1, 0.15) is 27.9 Å². The Bertz CT molecular complexity index is 526. The van der Waals surface area contributed by atoms with Crippen LogP contribution in [0.15, 0.2) is 18.2 Å². The second-order valence-electron chi connectivity index (χ2n) is 3.86. The van der Waals surface area contributed by atoms with Gasteiger partial charge in [-0.25, -0.2) is 4.79 Å². The summed E-state index contributed by atoms with van der Waals surface area (Å²) in [4.78, 5) is 11.2. The van der Waals surface area contributed by atoms with E-state index in [0.29, 0.717) is 24.9 Å². The Labute approximate surface area is 105 Å². The van der Waals surface area contributed by atoms with E-state index in [-0.39, 0.29) is 17.0 Å². The minimum Gasteiger partial charge on any atom is -0.478 e. The maximum atomic E-state index is 11.2. The molecule has 0 heterocycles. The van der Waals surface area contributed by atoms with E-state index in [1.807, 2.05) is 6.07 Å². The Morgan fingerprint density at radius 2 is 2.17 bits per heavy atom. The largest absolute Gasteiger partial charge is 0.478 e. The zero-order valence-corrected chi connectivity index (χ0v) is 9.76. The molecule has 0 aliphatic carbocycles. The van der Waals surface area contributed by atoms with Crippen molar-refractivity contribution in [2.45, 2.75) is 12.8 Å². The maximum absolute atomic E-state index is 11.2. The van der Waals surface area contributed by atoms with Crippen molar-refractivity contribution in [3.05, 3.63) is 34.9 Å². The Kier molecular flexibility index (Phi) is 4.86. The molecule has 1 aromatic rings. The van der Waals surface area contributed by atoms with Crippen LogP contribution in [0, 0.1) is 28.6 Å². The quantitative estimate of drug-likeness (QED) is 0.809. The summed E-state index contributed by atoms with van der Waals surface area (Å²) in [5.74, 6) is -1.48. The number of hydrogen-bond acceptors (Lipinski definition) is 4. The Hall–Kier alpha value is -2.37. The number of aromatic carboxylic acids is 1. The highest BCUT2D eigenvalue weighted by Gasteiger charge is 2.18. The number of hydrogen-bond donors (Lipinski definition) is 2. The van der Waals surface area contributed by atoms with Gasteiger partial charge >= 0.3 is 5.97 Å². The predicted molar refractivity (Wildman–Crippen MR) is 64.6 cm³/mol. The van der Waals surface area contributed by atoms with Gasteiger partial charge in [0.1, 0.15) is 6.07 Å². The van der Waals surface area contributed by atoms with E-state index < -0.39 is 5.97 Å². The van der Waals surface area contributed by atoms with Gasteiger partial charge in [-0.05, 0) is 31.0 Å². The lowest BCUT2D eigenvalue weighted by Gasteiger charge is -2.11. The molecule has 0 fully saturated rings. The fraction of sp³-hybridized carbons (Fsp3) is 0.308. The van der Waals surface area contributed by atoms with Gasteiger partial charge in [0, 0.05) is 0 Å². The van der Waals surface area contributed by atoms with Crippen LogP contribution in [0.2, 0.25) is 0 Å². The molecule has 0 radical (unpaired) electrons. The monoisotopic (exact) mass is 243 g/mol. The normalized spacial score (nSPS) is 11.3. The first kappa shape index (κ1) is 13.7. The van der Waals surface area contributed by atoms with Gasteiger partial charge in [-0.1, -0.05) is 12.1 Å². The smallest absolute Gasteiger partial charge is 0.337 e. The first-order valence-corrected chi connectivity index (χ1v) is 5.49. The van der Waals surface area contributed by atoms with E-state index in [4.69, 9.17) is 21.4 Å². The lowest BCUT2D eigenvalue weighted by Crippen LogP contribution is -2.13. The zero-order chi connectivity index (χ0) is 13.5. The third-order valence-corrected chi connectivity index (χ3v) is 2.65. The van der Waals surface area contributed by atoms with Crippen LogP contribution in [0.3, 0.4) is 0 Å². The molecule has 3 N–H and O–H groups in total. The highest BCUT2D eigenvalue weighted by atomic mass is 16.4. The van der Waals surface area contributed by atoms with Crippen molar-refractivity contribution in [1.29, 1.82) is 10.5 Å². The lowest BCUT2D eigenvalue weighted by atomic mass is 9.92. The van der Waals surface area contributed by atoms with Crippen LogP contribution in [-0.4, -0.2) is 17.6 Å². The number of nitrogens with zero attached hydrogens (tertiary/aromatic N) is 2. The van der Waals surface area contributed by atoms with Crippen molar-refractivity contribution in [3.8, 4) is 12.1 Å². The second-order valence-corrected chi connectivity index (χ2v) is 3.86. The van der Waals surface area contributed by atoms with Gasteiger partial charge < -0.3 is 10.8 Å². The molecule has 5 heteroatoms. The lowest BCUT2D eigenvalue weighted by molar-refractivity contribution is 0.0695. The van der Waals surface area contributed by atoms with Crippen molar-refractivity contribution in [2.75, 3.05) is 6.54 Å². The van der Waals surface area contributed by atoms with Crippen LogP contribution in [0.4, 0.5) is 0 Å². The van der Waals surface area contributed by atoms with Gasteiger partial charge in [0.2, 0.25) is 0 Å². The molecule has 0 aliphatic rings. The first-order valence-electron chi connectivity index (χ1n) is 5.49. The van der Waals surface area contributed by atoms with E-state index in [2.05, 4.69) is 6.07 Å². The van der Waals surface area contributed by atoms with Crippen molar-refractivity contribution in [1.82, 2.24) is 0 Å². The molecular weight excluding hydrogens is 230 g/mol. The summed E-state index contributed by atoms with van der Waals surface area (Å²) in [6, 6.07) is 8.66.